The van der Waals surface area contributed by atoms with Crippen molar-refractivity contribution in [3.63, 3.8) is 0 Å². The summed E-state index contributed by atoms with van der Waals surface area (Å²) in [5.74, 6) is 3.90. The topological polar surface area (TPSA) is 18.5 Å². The van der Waals surface area contributed by atoms with Crippen LogP contribution < -0.4 is 9.47 Å². The summed E-state index contributed by atoms with van der Waals surface area (Å²) in [5, 5.41) is 0. The van der Waals surface area contributed by atoms with E-state index in [1.165, 1.54) is 30.4 Å². The van der Waals surface area contributed by atoms with Gasteiger partial charge in [-0.1, -0.05) is 43.7 Å². The minimum absolute atomic E-state index is 0.129. The molecule has 2 aromatic rings. The maximum absolute atomic E-state index is 6.65. The Morgan fingerprint density at radius 3 is 2.56 bits per heavy atom. The molecule has 1 fully saturated rings. The van der Waals surface area contributed by atoms with Gasteiger partial charge in [0.2, 0.25) is 0 Å². The Balaban J connectivity index is 1.92. The SMILES string of the molecule is COc1cc(-c2ccccc2)c2c(c1)[C@@H]1C[C@@H](C)CC[C@H]1C(C)(C)O2. The van der Waals surface area contributed by atoms with Gasteiger partial charge in [-0.15, -0.1) is 0 Å². The van der Waals surface area contributed by atoms with Gasteiger partial charge in [0.15, 0.2) is 0 Å². The van der Waals surface area contributed by atoms with Crippen molar-refractivity contribution in [3.05, 3.63) is 48.0 Å². The van der Waals surface area contributed by atoms with E-state index in [1.807, 2.05) is 0 Å². The first kappa shape index (κ1) is 16.5. The Hall–Kier alpha value is -1.96. The van der Waals surface area contributed by atoms with E-state index in [4.69, 9.17) is 9.47 Å². The van der Waals surface area contributed by atoms with Crippen LogP contribution in [0.25, 0.3) is 11.1 Å². The Labute approximate surface area is 151 Å². The monoisotopic (exact) mass is 336 g/mol. The highest BCUT2D eigenvalue weighted by Crippen LogP contribution is 2.55. The van der Waals surface area contributed by atoms with Gasteiger partial charge < -0.3 is 9.47 Å². The summed E-state index contributed by atoms with van der Waals surface area (Å²) in [5.41, 5.74) is 3.56. The molecule has 0 bridgehead atoms. The minimum Gasteiger partial charge on any atom is -0.497 e. The van der Waals surface area contributed by atoms with Gasteiger partial charge in [-0.25, -0.2) is 0 Å². The molecule has 0 unspecified atom stereocenters. The van der Waals surface area contributed by atoms with Crippen LogP contribution in [-0.4, -0.2) is 12.7 Å². The minimum atomic E-state index is -0.129. The third-order valence-electron chi connectivity index (χ3n) is 6.18. The molecule has 0 radical (unpaired) electrons. The number of ether oxygens (including phenoxy) is 2. The van der Waals surface area contributed by atoms with Crippen LogP contribution in [0.2, 0.25) is 0 Å². The highest BCUT2D eigenvalue weighted by molar-refractivity contribution is 5.75. The number of benzene rings is 2. The zero-order chi connectivity index (χ0) is 17.6. The van der Waals surface area contributed by atoms with E-state index in [2.05, 4.69) is 63.2 Å². The standard InChI is InChI=1S/C23H28O2/c1-15-10-11-21-19(12-15)20-14-17(24-4)13-18(16-8-6-5-7-9-16)22(20)25-23(21,2)3/h5-9,13-15,19,21H,10-12H2,1-4H3/t15-,19-,21+/m0/s1. The molecular weight excluding hydrogens is 308 g/mol. The van der Waals surface area contributed by atoms with Gasteiger partial charge in [-0.05, 0) is 56.2 Å². The van der Waals surface area contributed by atoms with E-state index in [-0.39, 0.29) is 5.60 Å². The van der Waals surface area contributed by atoms with Gasteiger partial charge >= 0.3 is 0 Å². The Morgan fingerprint density at radius 1 is 1.08 bits per heavy atom. The first-order valence-corrected chi connectivity index (χ1v) is 9.46. The quantitative estimate of drug-likeness (QED) is 0.664. The Bertz CT molecular complexity index is 763. The van der Waals surface area contributed by atoms with Gasteiger partial charge in [0, 0.05) is 17.0 Å². The van der Waals surface area contributed by atoms with E-state index < -0.39 is 0 Å². The lowest BCUT2D eigenvalue weighted by Gasteiger charge is -2.49. The lowest BCUT2D eigenvalue weighted by molar-refractivity contribution is -0.0131. The maximum Gasteiger partial charge on any atom is 0.131 e. The molecule has 0 aromatic heterocycles. The Kier molecular flexibility index (Phi) is 4.02. The zero-order valence-electron chi connectivity index (χ0n) is 15.7. The second-order valence-electron chi connectivity index (χ2n) is 8.30. The molecule has 1 aliphatic heterocycles. The summed E-state index contributed by atoms with van der Waals surface area (Å²) in [6.07, 6.45) is 3.79. The molecule has 2 heteroatoms. The van der Waals surface area contributed by atoms with Crippen LogP contribution in [0.1, 0.15) is 51.5 Å². The van der Waals surface area contributed by atoms with Crippen LogP contribution in [0.15, 0.2) is 42.5 Å². The van der Waals surface area contributed by atoms with Crippen LogP contribution in [-0.2, 0) is 0 Å². The molecular formula is C23H28O2. The van der Waals surface area contributed by atoms with Gasteiger partial charge in [0.05, 0.1) is 7.11 Å². The van der Waals surface area contributed by atoms with Gasteiger partial charge in [0.1, 0.15) is 17.1 Å². The summed E-state index contributed by atoms with van der Waals surface area (Å²) >= 11 is 0. The molecule has 0 amide bonds. The van der Waals surface area contributed by atoms with E-state index in [0.29, 0.717) is 11.8 Å². The van der Waals surface area contributed by atoms with Crippen molar-refractivity contribution in [2.24, 2.45) is 11.8 Å². The number of methoxy groups -OCH3 is 1. The van der Waals surface area contributed by atoms with Gasteiger partial charge in [-0.2, -0.15) is 0 Å². The highest BCUT2D eigenvalue weighted by atomic mass is 16.5. The van der Waals surface area contributed by atoms with Gasteiger partial charge in [0.25, 0.3) is 0 Å². The Morgan fingerprint density at radius 2 is 1.84 bits per heavy atom. The second-order valence-corrected chi connectivity index (χ2v) is 8.30. The van der Waals surface area contributed by atoms with Crippen molar-refractivity contribution in [3.8, 4) is 22.6 Å². The number of fused-ring (bicyclic) bond motifs is 3. The van der Waals surface area contributed by atoms with E-state index in [1.54, 1.807) is 7.11 Å². The van der Waals surface area contributed by atoms with E-state index in [0.717, 1.165) is 23.0 Å². The summed E-state index contributed by atoms with van der Waals surface area (Å²) in [6, 6.07) is 14.9. The van der Waals surface area contributed by atoms with E-state index >= 15 is 0 Å². The molecule has 3 atom stereocenters. The highest BCUT2D eigenvalue weighted by Gasteiger charge is 2.46. The predicted octanol–water partition coefficient (Wildman–Crippen LogP) is 6.05. The first-order chi connectivity index (χ1) is 12.0. The van der Waals surface area contributed by atoms with E-state index in [9.17, 15) is 0 Å². The predicted molar refractivity (Wildman–Crippen MR) is 102 cm³/mol. The fraction of sp³-hybridized carbons (Fsp3) is 0.478. The summed E-state index contributed by atoms with van der Waals surface area (Å²) < 4.78 is 12.3. The van der Waals surface area contributed by atoms with Crippen LogP contribution in [0.5, 0.6) is 11.5 Å². The fourth-order valence-electron chi connectivity index (χ4n) is 4.86. The largest absolute Gasteiger partial charge is 0.497 e. The lowest BCUT2D eigenvalue weighted by atomic mass is 9.64. The molecule has 1 heterocycles. The zero-order valence-corrected chi connectivity index (χ0v) is 15.7. The molecule has 1 aliphatic carbocycles. The van der Waals surface area contributed by atoms with Crippen molar-refractivity contribution in [2.45, 2.75) is 51.6 Å². The van der Waals surface area contributed by atoms with Crippen LogP contribution in [0.4, 0.5) is 0 Å². The smallest absolute Gasteiger partial charge is 0.131 e. The number of hydrogen-bond acceptors (Lipinski definition) is 2. The van der Waals surface area contributed by atoms with Crippen LogP contribution >= 0.6 is 0 Å². The lowest BCUT2D eigenvalue weighted by Crippen LogP contribution is -2.46. The first-order valence-electron chi connectivity index (χ1n) is 9.46. The molecule has 132 valence electrons. The third kappa shape index (κ3) is 2.82. The normalized spacial score (nSPS) is 27.0. The molecule has 4 rings (SSSR count). The molecule has 0 saturated heterocycles. The van der Waals surface area contributed by atoms with Crippen molar-refractivity contribution in [1.82, 2.24) is 0 Å². The van der Waals surface area contributed by atoms with Crippen LogP contribution in [0.3, 0.4) is 0 Å². The van der Waals surface area contributed by atoms with Crippen molar-refractivity contribution in [2.75, 3.05) is 7.11 Å². The summed E-state index contributed by atoms with van der Waals surface area (Å²) in [6.45, 7) is 6.92. The van der Waals surface area contributed by atoms with Crippen LogP contribution in [0, 0.1) is 11.8 Å². The average Bonchev–Trinajstić information content (AvgIpc) is 2.61. The molecule has 2 aliphatic rings. The molecule has 2 nitrogen and oxygen atoms in total. The maximum atomic E-state index is 6.65. The molecule has 1 saturated carbocycles. The number of hydrogen-bond donors (Lipinski definition) is 0. The van der Waals surface area contributed by atoms with Crippen molar-refractivity contribution < 1.29 is 9.47 Å². The van der Waals surface area contributed by atoms with Gasteiger partial charge in [-0.3, -0.25) is 0 Å². The fourth-order valence-corrected chi connectivity index (χ4v) is 4.86. The van der Waals surface area contributed by atoms with Crippen molar-refractivity contribution in [1.29, 1.82) is 0 Å². The van der Waals surface area contributed by atoms with Crippen molar-refractivity contribution >= 4 is 0 Å². The second kappa shape index (κ2) is 6.09. The molecule has 25 heavy (non-hydrogen) atoms. The number of rotatable bonds is 2. The summed E-state index contributed by atoms with van der Waals surface area (Å²) in [7, 11) is 1.76. The average molecular weight is 336 g/mol. The molecule has 0 spiro atoms. The summed E-state index contributed by atoms with van der Waals surface area (Å²) in [4.78, 5) is 0. The third-order valence-corrected chi connectivity index (χ3v) is 6.18. The molecule has 2 aromatic carbocycles. The molecule has 0 N–H and O–H groups in total.